The van der Waals surface area contributed by atoms with Crippen LogP contribution in [0.2, 0.25) is 5.02 Å². The molecule has 1 saturated heterocycles. The van der Waals surface area contributed by atoms with Crippen LogP contribution in [0.1, 0.15) is 12.8 Å². The van der Waals surface area contributed by atoms with E-state index in [1.807, 2.05) is 24.3 Å². The zero-order valence-electron chi connectivity index (χ0n) is 9.19. The molecule has 0 bridgehead atoms. The molecule has 1 aromatic carbocycles. The summed E-state index contributed by atoms with van der Waals surface area (Å²) in [6, 6.07) is 7.84. The smallest absolute Gasteiger partial charge is 0.0612 e. The predicted molar refractivity (Wildman–Crippen MR) is 66.9 cm³/mol. The zero-order valence-corrected chi connectivity index (χ0v) is 9.95. The molecule has 1 heterocycles. The third-order valence-electron chi connectivity index (χ3n) is 3.25. The molecular weight excluding hydrogens is 224 g/mol. The average Bonchev–Trinajstić information content (AvgIpc) is 2.30. The number of halogens is 1. The number of rotatable bonds is 2. The fraction of sp³-hybridized carbons (Fsp3) is 0.500. The van der Waals surface area contributed by atoms with Crippen molar-refractivity contribution < 1.29 is 5.11 Å². The minimum Gasteiger partial charge on any atom is -0.394 e. The molecule has 0 atom stereocenters. The van der Waals surface area contributed by atoms with Crippen LogP contribution in [0.4, 0.5) is 5.69 Å². The molecule has 3 N–H and O–H groups in total. The molecule has 0 spiro atoms. The Kier molecular flexibility index (Phi) is 3.38. The number of hydrogen-bond acceptors (Lipinski definition) is 3. The van der Waals surface area contributed by atoms with Gasteiger partial charge in [0.1, 0.15) is 0 Å². The number of aliphatic hydroxyl groups is 1. The van der Waals surface area contributed by atoms with E-state index in [-0.39, 0.29) is 6.61 Å². The van der Waals surface area contributed by atoms with Crippen LogP contribution in [0.15, 0.2) is 24.3 Å². The summed E-state index contributed by atoms with van der Waals surface area (Å²) in [5, 5.41) is 9.94. The van der Waals surface area contributed by atoms with E-state index in [1.165, 1.54) is 0 Å². The van der Waals surface area contributed by atoms with Crippen LogP contribution in [-0.4, -0.2) is 30.3 Å². The quantitative estimate of drug-likeness (QED) is 0.826. The van der Waals surface area contributed by atoms with Crippen molar-refractivity contribution in [1.82, 2.24) is 0 Å². The van der Waals surface area contributed by atoms with Crippen LogP contribution in [0, 0.1) is 0 Å². The maximum atomic E-state index is 9.19. The Bertz CT molecular complexity index is 362. The summed E-state index contributed by atoms with van der Waals surface area (Å²) < 4.78 is 0. The van der Waals surface area contributed by atoms with Gasteiger partial charge in [-0.2, -0.15) is 0 Å². The molecule has 0 amide bonds. The minimum absolute atomic E-state index is 0.0659. The van der Waals surface area contributed by atoms with Gasteiger partial charge in [-0.05, 0) is 31.0 Å². The van der Waals surface area contributed by atoms with Crippen molar-refractivity contribution in [2.45, 2.75) is 18.4 Å². The van der Waals surface area contributed by atoms with E-state index in [9.17, 15) is 5.11 Å². The Morgan fingerprint density at radius 2 is 2.06 bits per heavy atom. The fourth-order valence-electron chi connectivity index (χ4n) is 2.04. The fourth-order valence-corrected chi connectivity index (χ4v) is 2.23. The van der Waals surface area contributed by atoms with Gasteiger partial charge in [0.15, 0.2) is 0 Å². The number of nitrogens with two attached hydrogens (primary N) is 1. The van der Waals surface area contributed by atoms with Crippen LogP contribution in [-0.2, 0) is 0 Å². The van der Waals surface area contributed by atoms with Crippen molar-refractivity contribution in [2.75, 3.05) is 24.6 Å². The first-order valence-corrected chi connectivity index (χ1v) is 5.91. The van der Waals surface area contributed by atoms with E-state index in [0.29, 0.717) is 0 Å². The first-order chi connectivity index (χ1) is 7.63. The van der Waals surface area contributed by atoms with Gasteiger partial charge in [0, 0.05) is 29.3 Å². The summed E-state index contributed by atoms with van der Waals surface area (Å²) in [6.07, 6.45) is 1.63. The van der Waals surface area contributed by atoms with E-state index in [4.69, 9.17) is 17.3 Å². The largest absolute Gasteiger partial charge is 0.394 e. The number of hydrogen-bond donors (Lipinski definition) is 2. The second kappa shape index (κ2) is 4.62. The van der Waals surface area contributed by atoms with Gasteiger partial charge in [-0.15, -0.1) is 0 Å². The van der Waals surface area contributed by atoms with Crippen LogP contribution in [0.25, 0.3) is 0 Å². The summed E-state index contributed by atoms with van der Waals surface area (Å²) in [5.74, 6) is 0. The van der Waals surface area contributed by atoms with Gasteiger partial charge in [-0.25, -0.2) is 0 Å². The number of piperidine rings is 1. The van der Waals surface area contributed by atoms with E-state index >= 15 is 0 Å². The second-order valence-electron chi connectivity index (χ2n) is 4.49. The Labute approximate surface area is 101 Å². The normalized spacial score (nSPS) is 19.8. The molecule has 3 nitrogen and oxygen atoms in total. The zero-order chi connectivity index (χ0) is 11.6. The van der Waals surface area contributed by atoms with Crippen LogP contribution in [0.3, 0.4) is 0 Å². The van der Waals surface area contributed by atoms with Gasteiger partial charge in [0.25, 0.3) is 0 Å². The molecule has 0 unspecified atom stereocenters. The molecular formula is C12H17ClN2O. The summed E-state index contributed by atoms with van der Waals surface area (Å²) in [6.45, 7) is 1.81. The highest BCUT2D eigenvalue weighted by Gasteiger charge is 2.29. The van der Waals surface area contributed by atoms with Crippen molar-refractivity contribution >= 4 is 17.3 Å². The Morgan fingerprint density at radius 1 is 1.38 bits per heavy atom. The highest BCUT2D eigenvalue weighted by Crippen LogP contribution is 2.26. The van der Waals surface area contributed by atoms with E-state index < -0.39 is 5.54 Å². The van der Waals surface area contributed by atoms with E-state index in [1.54, 1.807) is 0 Å². The Balaban J connectivity index is 2.04. The minimum atomic E-state index is -0.394. The van der Waals surface area contributed by atoms with Crippen LogP contribution >= 0.6 is 11.6 Å². The summed E-state index contributed by atoms with van der Waals surface area (Å²) in [5.41, 5.74) is 6.76. The highest BCUT2D eigenvalue weighted by molar-refractivity contribution is 6.30. The molecule has 0 aromatic heterocycles. The first kappa shape index (κ1) is 11.7. The van der Waals surface area contributed by atoms with Gasteiger partial charge in [0.2, 0.25) is 0 Å². The lowest BCUT2D eigenvalue weighted by atomic mass is 9.89. The second-order valence-corrected chi connectivity index (χ2v) is 4.92. The maximum Gasteiger partial charge on any atom is 0.0612 e. The molecule has 0 radical (unpaired) electrons. The van der Waals surface area contributed by atoms with E-state index in [0.717, 1.165) is 36.6 Å². The Morgan fingerprint density at radius 3 is 2.62 bits per heavy atom. The van der Waals surface area contributed by atoms with Gasteiger partial charge >= 0.3 is 0 Å². The average molecular weight is 241 g/mol. The lowest BCUT2D eigenvalue weighted by Gasteiger charge is -2.39. The van der Waals surface area contributed by atoms with Gasteiger partial charge in [-0.1, -0.05) is 17.7 Å². The van der Waals surface area contributed by atoms with E-state index in [2.05, 4.69) is 4.90 Å². The lowest BCUT2D eigenvalue weighted by molar-refractivity contribution is 0.170. The van der Waals surface area contributed by atoms with Gasteiger partial charge in [-0.3, -0.25) is 0 Å². The number of anilines is 1. The molecule has 1 aromatic rings. The van der Waals surface area contributed by atoms with Crippen molar-refractivity contribution in [3.8, 4) is 0 Å². The molecule has 0 aliphatic carbocycles. The van der Waals surface area contributed by atoms with Crippen molar-refractivity contribution in [3.05, 3.63) is 29.3 Å². The standard InChI is InChI=1S/C12H17ClN2O/c13-10-2-1-3-11(8-10)15-6-4-12(14,9-16)5-7-15/h1-3,8,16H,4-7,9,14H2. The molecule has 1 aliphatic heterocycles. The molecule has 4 heteroatoms. The third-order valence-corrected chi connectivity index (χ3v) is 3.48. The molecule has 1 fully saturated rings. The molecule has 1 aliphatic rings. The number of aliphatic hydroxyl groups excluding tert-OH is 1. The maximum absolute atomic E-state index is 9.19. The third kappa shape index (κ3) is 2.48. The lowest BCUT2D eigenvalue weighted by Crippen LogP contribution is -2.52. The summed E-state index contributed by atoms with van der Waals surface area (Å²) in [4.78, 5) is 2.26. The molecule has 16 heavy (non-hydrogen) atoms. The number of benzene rings is 1. The number of nitrogens with zero attached hydrogens (tertiary/aromatic N) is 1. The predicted octanol–water partition coefficient (Wildman–Crippen LogP) is 1.63. The molecule has 0 saturated carbocycles. The van der Waals surface area contributed by atoms with Crippen molar-refractivity contribution in [1.29, 1.82) is 0 Å². The summed E-state index contributed by atoms with van der Waals surface area (Å²) >= 11 is 5.96. The summed E-state index contributed by atoms with van der Waals surface area (Å²) in [7, 11) is 0. The van der Waals surface area contributed by atoms with Gasteiger partial charge < -0.3 is 15.7 Å². The SMILES string of the molecule is NC1(CO)CCN(c2cccc(Cl)c2)CC1. The van der Waals surface area contributed by atoms with Gasteiger partial charge in [0.05, 0.1) is 6.61 Å². The monoisotopic (exact) mass is 240 g/mol. The Hall–Kier alpha value is -0.770. The highest BCUT2D eigenvalue weighted by atomic mass is 35.5. The van der Waals surface area contributed by atoms with Crippen LogP contribution in [0.5, 0.6) is 0 Å². The molecule has 2 rings (SSSR count). The first-order valence-electron chi connectivity index (χ1n) is 5.53. The van der Waals surface area contributed by atoms with Crippen molar-refractivity contribution in [2.24, 2.45) is 5.73 Å². The molecule has 88 valence electrons. The van der Waals surface area contributed by atoms with Crippen LogP contribution < -0.4 is 10.6 Å². The topological polar surface area (TPSA) is 49.5 Å². The van der Waals surface area contributed by atoms with Crippen molar-refractivity contribution in [3.63, 3.8) is 0 Å².